The number of allylic oxidation sites excluding steroid dienone is 2. The fraction of sp³-hybridized carbons (Fsp3) is 0.105. The number of fused-ring (bicyclic) bond motifs is 2. The van der Waals surface area contributed by atoms with Gasteiger partial charge in [-0.15, -0.1) is 24.5 Å². The Morgan fingerprint density at radius 3 is 2.52 bits per heavy atom. The Kier molecular flexibility index (Phi) is 3.72. The minimum Gasteiger partial charge on any atom is -0.289 e. The first-order chi connectivity index (χ1) is 10.2. The van der Waals surface area contributed by atoms with Crippen molar-refractivity contribution < 1.29 is 0 Å². The predicted molar refractivity (Wildman–Crippen MR) is 93.4 cm³/mol. The minimum absolute atomic E-state index is 0.121. The van der Waals surface area contributed by atoms with Crippen LogP contribution in [-0.4, -0.2) is 0 Å². The average Bonchev–Trinajstić information content (AvgIpc) is 2.49. The highest BCUT2D eigenvalue weighted by Crippen LogP contribution is 2.29. The Balaban J connectivity index is 2.45. The van der Waals surface area contributed by atoms with E-state index in [4.69, 9.17) is 0 Å². The second-order valence-corrected chi connectivity index (χ2v) is 6.10. The molecule has 0 N–H and O–H groups in total. The molecule has 104 valence electrons. The molecule has 3 aromatic rings. The Bertz CT molecular complexity index is 902. The lowest BCUT2D eigenvalue weighted by Gasteiger charge is -2.08. The van der Waals surface area contributed by atoms with Gasteiger partial charge in [-0.2, -0.15) is 0 Å². The molecule has 0 unspecified atom stereocenters. The van der Waals surface area contributed by atoms with Crippen LogP contribution >= 0.6 is 11.3 Å². The van der Waals surface area contributed by atoms with E-state index in [1.54, 1.807) is 11.3 Å². The van der Waals surface area contributed by atoms with Gasteiger partial charge in [-0.1, -0.05) is 30.4 Å². The molecular formula is C19H16OS. The summed E-state index contributed by atoms with van der Waals surface area (Å²) >= 11 is 1.69. The molecule has 0 fully saturated rings. The van der Waals surface area contributed by atoms with Gasteiger partial charge in [0.2, 0.25) is 0 Å². The van der Waals surface area contributed by atoms with Crippen LogP contribution in [0.1, 0.15) is 11.1 Å². The van der Waals surface area contributed by atoms with Crippen molar-refractivity contribution in [2.75, 3.05) is 0 Å². The van der Waals surface area contributed by atoms with E-state index >= 15 is 0 Å². The lowest BCUT2D eigenvalue weighted by molar-refractivity contribution is 1.23. The van der Waals surface area contributed by atoms with Crippen molar-refractivity contribution >= 4 is 31.5 Å². The normalized spacial score (nSPS) is 10.9. The Morgan fingerprint density at radius 1 is 1.00 bits per heavy atom. The summed E-state index contributed by atoms with van der Waals surface area (Å²) in [4.78, 5) is 12.8. The third-order valence-electron chi connectivity index (χ3n) is 3.56. The fourth-order valence-electron chi connectivity index (χ4n) is 2.63. The van der Waals surface area contributed by atoms with Crippen LogP contribution in [0.3, 0.4) is 0 Å². The van der Waals surface area contributed by atoms with E-state index in [2.05, 4.69) is 19.2 Å². The first kappa shape index (κ1) is 13.8. The SMILES string of the molecule is C=CCc1cc(CC=C)c2sc3ccccc3c(=O)c2c1. The van der Waals surface area contributed by atoms with Crippen LogP contribution in [-0.2, 0) is 12.8 Å². The summed E-state index contributed by atoms with van der Waals surface area (Å²) in [6.07, 6.45) is 5.30. The monoisotopic (exact) mass is 292 g/mol. The van der Waals surface area contributed by atoms with Crippen LogP contribution in [0.15, 0.2) is 66.5 Å². The van der Waals surface area contributed by atoms with Crippen LogP contribution < -0.4 is 5.43 Å². The second-order valence-electron chi connectivity index (χ2n) is 5.04. The largest absolute Gasteiger partial charge is 0.289 e. The topological polar surface area (TPSA) is 17.1 Å². The maximum atomic E-state index is 12.8. The number of hydrogen-bond acceptors (Lipinski definition) is 2. The molecule has 3 rings (SSSR count). The maximum absolute atomic E-state index is 12.8. The number of rotatable bonds is 4. The van der Waals surface area contributed by atoms with Crippen LogP contribution in [0, 0.1) is 0 Å². The van der Waals surface area contributed by atoms with Crippen molar-refractivity contribution in [2.24, 2.45) is 0 Å². The van der Waals surface area contributed by atoms with E-state index in [-0.39, 0.29) is 5.43 Å². The quantitative estimate of drug-likeness (QED) is 0.495. The van der Waals surface area contributed by atoms with E-state index in [0.717, 1.165) is 38.6 Å². The van der Waals surface area contributed by atoms with Crippen LogP contribution in [0.2, 0.25) is 0 Å². The Hall–Kier alpha value is -2.19. The Labute approximate surface area is 127 Å². The lowest BCUT2D eigenvalue weighted by Crippen LogP contribution is -2.03. The van der Waals surface area contributed by atoms with Gasteiger partial charge in [0.15, 0.2) is 5.43 Å². The van der Waals surface area contributed by atoms with Crippen molar-refractivity contribution in [3.63, 3.8) is 0 Å². The fourth-order valence-corrected chi connectivity index (χ4v) is 3.81. The van der Waals surface area contributed by atoms with Gasteiger partial charge in [0.25, 0.3) is 0 Å². The zero-order valence-corrected chi connectivity index (χ0v) is 12.6. The van der Waals surface area contributed by atoms with E-state index in [0.29, 0.717) is 0 Å². The van der Waals surface area contributed by atoms with Gasteiger partial charge in [-0.3, -0.25) is 4.79 Å². The van der Waals surface area contributed by atoms with Gasteiger partial charge in [0.1, 0.15) is 0 Å². The zero-order chi connectivity index (χ0) is 14.8. The zero-order valence-electron chi connectivity index (χ0n) is 11.8. The molecule has 1 nitrogen and oxygen atoms in total. The van der Waals surface area contributed by atoms with Crippen LogP contribution in [0.4, 0.5) is 0 Å². The first-order valence-electron chi connectivity index (χ1n) is 6.93. The highest BCUT2D eigenvalue weighted by atomic mass is 32.1. The molecule has 0 spiro atoms. The third kappa shape index (κ3) is 2.43. The Morgan fingerprint density at radius 2 is 1.76 bits per heavy atom. The van der Waals surface area contributed by atoms with Gasteiger partial charge < -0.3 is 0 Å². The smallest absolute Gasteiger partial charge is 0.195 e. The van der Waals surface area contributed by atoms with Gasteiger partial charge >= 0.3 is 0 Å². The molecule has 0 amide bonds. The van der Waals surface area contributed by atoms with Crippen molar-refractivity contribution in [3.05, 3.63) is 83.1 Å². The lowest BCUT2D eigenvalue weighted by atomic mass is 10.0. The highest BCUT2D eigenvalue weighted by Gasteiger charge is 2.10. The van der Waals surface area contributed by atoms with Crippen LogP contribution in [0.5, 0.6) is 0 Å². The molecule has 1 aromatic heterocycles. The van der Waals surface area contributed by atoms with Crippen molar-refractivity contribution in [1.82, 2.24) is 0 Å². The second kappa shape index (κ2) is 5.66. The van der Waals surface area contributed by atoms with Crippen LogP contribution in [0.25, 0.3) is 20.2 Å². The minimum atomic E-state index is 0.121. The standard InChI is InChI=1S/C19H16OS/c1-3-7-13-11-14(8-4-2)19-16(12-13)18(20)15-9-5-6-10-17(15)21-19/h3-6,9-12H,1-2,7-8H2. The van der Waals surface area contributed by atoms with E-state index < -0.39 is 0 Å². The van der Waals surface area contributed by atoms with Gasteiger partial charge in [-0.25, -0.2) is 0 Å². The molecule has 0 bridgehead atoms. The molecule has 0 radical (unpaired) electrons. The summed E-state index contributed by atoms with van der Waals surface area (Å²) in [6, 6.07) is 12.0. The van der Waals surface area contributed by atoms with E-state index in [1.165, 1.54) is 5.56 Å². The van der Waals surface area contributed by atoms with E-state index in [1.807, 2.05) is 42.5 Å². The van der Waals surface area contributed by atoms with Crippen molar-refractivity contribution in [2.45, 2.75) is 12.8 Å². The van der Waals surface area contributed by atoms with E-state index in [9.17, 15) is 4.79 Å². The predicted octanol–water partition coefficient (Wildman–Crippen LogP) is 4.87. The van der Waals surface area contributed by atoms with Gasteiger partial charge in [0, 0.05) is 20.2 Å². The number of benzene rings is 2. The molecule has 0 aliphatic heterocycles. The highest BCUT2D eigenvalue weighted by molar-refractivity contribution is 7.24. The molecule has 0 saturated carbocycles. The summed E-state index contributed by atoms with van der Waals surface area (Å²) in [5.41, 5.74) is 2.43. The molecule has 0 saturated heterocycles. The summed E-state index contributed by atoms with van der Waals surface area (Å²) < 4.78 is 2.11. The number of hydrogen-bond donors (Lipinski definition) is 0. The molecule has 1 heterocycles. The summed E-state index contributed by atoms with van der Waals surface area (Å²) in [7, 11) is 0. The molecule has 2 aromatic carbocycles. The molecular weight excluding hydrogens is 276 g/mol. The molecule has 21 heavy (non-hydrogen) atoms. The molecule has 0 atom stereocenters. The molecule has 0 aliphatic carbocycles. The van der Waals surface area contributed by atoms with Gasteiger partial charge in [0.05, 0.1) is 0 Å². The first-order valence-corrected chi connectivity index (χ1v) is 7.75. The molecule has 2 heteroatoms. The third-order valence-corrected chi connectivity index (χ3v) is 4.82. The van der Waals surface area contributed by atoms with Crippen molar-refractivity contribution in [1.29, 1.82) is 0 Å². The summed E-state index contributed by atoms with van der Waals surface area (Å²) in [5.74, 6) is 0. The maximum Gasteiger partial charge on any atom is 0.195 e. The average molecular weight is 292 g/mol. The summed E-state index contributed by atoms with van der Waals surface area (Å²) in [5, 5.41) is 1.62. The van der Waals surface area contributed by atoms with Gasteiger partial charge in [-0.05, 0) is 42.2 Å². The molecule has 0 aliphatic rings. The van der Waals surface area contributed by atoms with Crippen molar-refractivity contribution in [3.8, 4) is 0 Å². The summed E-state index contributed by atoms with van der Waals surface area (Å²) in [6.45, 7) is 7.62.